The molecular weight excluding hydrogens is 699 g/mol. The summed E-state index contributed by atoms with van der Waals surface area (Å²) in [6.45, 7) is 0.415. The van der Waals surface area contributed by atoms with Crippen LogP contribution in [0.2, 0.25) is 0 Å². The minimum Gasteiger partial charge on any atom is -0.489 e. The number of hydrogen-bond acceptors (Lipinski definition) is 6. The van der Waals surface area contributed by atoms with Crippen molar-refractivity contribution in [2.24, 2.45) is 0 Å². The van der Waals surface area contributed by atoms with Crippen LogP contribution in [-0.4, -0.2) is 28.8 Å². The number of thioether (sulfide) groups is 1. The van der Waals surface area contributed by atoms with Gasteiger partial charge in [0, 0.05) is 21.8 Å². The minimum atomic E-state index is -1.05. The molecular formula is C44H35N3O6S. The molecule has 0 bridgehead atoms. The van der Waals surface area contributed by atoms with Crippen molar-refractivity contribution in [2.75, 3.05) is 10.6 Å². The number of carbonyl (C=O) groups excluding carboxylic acids is 3. The second-order valence-electron chi connectivity index (χ2n) is 12.0. The van der Waals surface area contributed by atoms with Crippen LogP contribution in [0.1, 0.15) is 42.7 Å². The molecule has 0 aromatic heterocycles. The van der Waals surface area contributed by atoms with E-state index in [0.29, 0.717) is 34.9 Å². The van der Waals surface area contributed by atoms with E-state index in [1.54, 1.807) is 97.1 Å². The molecule has 0 radical (unpaired) electrons. The number of carboxylic acids is 1. The highest BCUT2D eigenvalue weighted by molar-refractivity contribution is 8.00. The van der Waals surface area contributed by atoms with Gasteiger partial charge in [-0.1, -0.05) is 91.0 Å². The summed E-state index contributed by atoms with van der Waals surface area (Å²) >= 11 is 1.32. The molecule has 1 atom stereocenters. The molecule has 6 aromatic rings. The number of benzene rings is 6. The Kier molecular flexibility index (Phi) is 12.3. The van der Waals surface area contributed by atoms with Gasteiger partial charge in [0.1, 0.15) is 23.3 Å². The van der Waals surface area contributed by atoms with Gasteiger partial charge in [-0.05, 0) is 95.6 Å². The number of ether oxygens (including phenoxy) is 1. The summed E-state index contributed by atoms with van der Waals surface area (Å²) in [6, 6.07) is 48.0. The van der Waals surface area contributed by atoms with Gasteiger partial charge in [-0.2, -0.15) is 0 Å². The molecule has 0 spiro atoms. The molecule has 1 unspecified atom stereocenters. The first kappa shape index (κ1) is 36.9. The van der Waals surface area contributed by atoms with E-state index in [1.165, 1.54) is 23.9 Å². The zero-order valence-corrected chi connectivity index (χ0v) is 29.7. The Morgan fingerprint density at radius 3 is 1.83 bits per heavy atom. The molecule has 0 aliphatic carbocycles. The van der Waals surface area contributed by atoms with Gasteiger partial charge in [0.2, 0.25) is 5.91 Å². The summed E-state index contributed by atoms with van der Waals surface area (Å²) in [4.78, 5) is 52.3. The minimum absolute atomic E-state index is 0.0393. The highest BCUT2D eigenvalue weighted by Crippen LogP contribution is 2.37. The van der Waals surface area contributed by atoms with Crippen LogP contribution in [0.4, 0.5) is 11.4 Å². The Labute approximate surface area is 316 Å². The van der Waals surface area contributed by atoms with Crippen molar-refractivity contribution < 1.29 is 29.0 Å². The van der Waals surface area contributed by atoms with Crippen LogP contribution in [-0.2, 0) is 16.2 Å². The molecule has 0 aliphatic heterocycles. The second kappa shape index (κ2) is 18.0. The first-order valence-corrected chi connectivity index (χ1v) is 17.8. The van der Waals surface area contributed by atoms with Crippen LogP contribution in [0.5, 0.6) is 5.75 Å². The number of anilines is 2. The maximum atomic E-state index is 13.7. The molecule has 10 heteroatoms. The quantitative estimate of drug-likeness (QED) is 0.0649. The van der Waals surface area contributed by atoms with Gasteiger partial charge in [-0.15, -0.1) is 11.8 Å². The van der Waals surface area contributed by atoms with Gasteiger partial charge in [0.05, 0.1) is 5.56 Å². The average Bonchev–Trinajstić information content (AvgIpc) is 3.21. The van der Waals surface area contributed by atoms with E-state index in [9.17, 15) is 24.3 Å². The summed E-state index contributed by atoms with van der Waals surface area (Å²) in [5.41, 5.74) is 4.00. The maximum Gasteiger partial charge on any atom is 0.335 e. The lowest BCUT2D eigenvalue weighted by atomic mass is 10.1. The molecule has 268 valence electrons. The number of carboxylic acid groups (broad SMARTS) is 1. The highest BCUT2D eigenvalue weighted by atomic mass is 32.2. The van der Waals surface area contributed by atoms with E-state index in [-0.39, 0.29) is 17.2 Å². The normalized spacial score (nSPS) is 11.5. The van der Waals surface area contributed by atoms with Crippen LogP contribution in [0.25, 0.3) is 6.08 Å². The zero-order chi connectivity index (χ0) is 37.7. The maximum absolute atomic E-state index is 13.7. The third-order valence-corrected chi connectivity index (χ3v) is 9.34. The number of rotatable bonds is 14. The van der Waals surface area contributed by atoms with Gasteiger partial charge >= 0.3 is 5.97 Å². The summed E-state index contributed by atoms with van der Waals surface area (Å²) in [5, 5.41) is 17.1. The predicted octanol–water partition coefficient (Wildman–Crippen LogP) is 8.85. The molecule has 0 saturated heterocycles. The summed E-state index contributed by atoms with van der Waals surface area (Å²) in [6.07, 6.45) is 1.60. The fourth-order valence-corrected chi connectivity index (χ4v) is 6.29. The van der Waals surface area contributed by atoms with Crippen molar-refractivity contribution in [3.8, 4) is 5.75 Å². The van der Waals surface area contributed by atoms with E-state index in [2.05, 4.69) is 16.0 Å². The molecule has 6 aromatic carbocycles. The number of aromatic carboxylic acids is 1. The van der Waals surface area contributed by atoms with Crippen LogP contribution in [0.3, 0.4) is 0 Å². The summed E-state index contributed by atoms with van der Waals surface area (Å²) in [7, 11) is 0. The van der Waals surface area contributed by atoms with Crippen LogP contribution in [0, 0.1) is 0 Å². The second-order valence-corrected chi connectivity index (χ2v) is 13.2. The molecule has 6 rings (SSSR count). The molecule has 3 amide bonds. The van der Waals surface area contributed by atoms with E-state index in [1.807, 2.05) is 60.7 Å². The van der Waals surface area contributed by atoms with Crippen LogP contribution in [0.15, 0.2) is 174 Å². The highest BCUT2D eigenvalue weighted by Gasteiger charge is 2.23. The summed E-state index contributed by atoms with van der Waals surface area (Å²) in [5.74, 6) is -1.64. The lowest BCUT2D eigenvalue weighted by molar-refractivity contribution is -0.116. The van der Waals surface area contributed by atoms with E-state index < -0.39 is 23.0 Å². The van der Waals surface area contributed by atoms with Gasteiger partial charge in [-0.25, -0.2) is 4.79 Å². The molecule has 9 nitrogen and oxygen atoms in total. The fraction of sp³-hybridized carbons (Fsp3) is 0.0455. The van der Waals surface area contributed by atoms with Crippen molar-refractivity contribution in [1.29, 1.82) is 0 Å². The van der Waals surface area contributed by atoms with E-state index >= 15 is 0 Å². The Hall–Kier alpha value is -6.91. The number of amides is 3. The lowest BCUT2D eigenvalue weighted by Crippen LogP contribution is -2.30. The number of carbonyl (C=O) groups is 4. The van der Waals surface area contributed by atoms with Crippen LogP contribution >= 0.6 is 11.8 Å². The largest absolute Gasteiger partial charge is 0.489 e. The Morgan fingerprint density at radius 1 is 0.630 bits per heavy atom. The molecule has 0 fully saturated rings. The first-order valence-electron chi connectivity index (χ1n) is 16.9. The third kappa shape index (κ3) is 10.3. The molecule has 0 heterocycles. The smallest absolute Gasteiger partial charge is 0.335 e. The Bertz CT molecular complexity index is 2230. The van der Waals surface area contributed by atoms with Gasteiger partial charge in [0.15, 0.2) is 0 Å². The molecule has 0 saturated carbocycles. The Morgan fingerprint density at radius 2 is 1.20 bits per heavy atom. The molecule has 4 N–H and O–H groups in total. The predicted molar refractivity (Wildman–Crippen MR) is 211 cm³/mol. The van der Waals surface area contributed by atoms with Gasteiger partial charge in [-0.3, -0.25) is 14.4 Å². The lowest BCUT2D eigenvalue weighted by Gasteiger charge is -2.18. The monoisotopic (exact) mass is 733 g/mol. The SMILES string of the molecule is O=C(Nc1ccc(SC(C(=O)Nc2ccc(C(=O)O)cc2)c2ccccc2)cc1)/C(=C/c1ccc(OCc2ccccc2)cc1)NC(=O)c1ccccc1. The van der Waals surface area contributed by atoms with Gasteiger partial charge in [0.25, 0.3) is 11.8 Å². The molecule has 0 aliphatic rings. The zero-order valence-electron chi connectivity index (χ0n) is 28.8. The van der Waals surface area contributed by atoms with Crippen LogP contribution < -0.4 is 20.7 Å². The first-order chi connectivity index (χ1) is 26.3. The van der Waals surface area contributed by atoms with Crippen molar-refractivity contribution >= 4 is 52.9 Å². The van der Waals surface area contributed by atoms with Crippen molar-refractivity contribution in [3.05, 3.63) is 197 Å². The number of nitrogens with one attached hydrogen (secondary N) is 3. The van der Waals surface area contributed by atoms with E-state index in [0.717, 1.165) is 16.0 Å². The van der Waals surface area contributed by atoms with Crippen molar-refractivity contribution in [1.82, 2.24) is 5.32 Å². The third-order valence-electron chi connectivity index (χ3n) is 8.07. The van der Waals surface area contributed by atoms with Crippen molar-refractivity contribution in [2.45, 2.75) is 16.8 Å². The van der Waals surface area contributed by atoms with Crippen molar-refractivity contribution in [3.63, 3.8) is 0 Å². The molecule has 54 heavy (non-hydrogen) atoms. The van der Waals surface area contributed by atoms with E-state index in [4.69, 9.17) is 4.74 Å². The van der Waals surface area contributed by atoms with Gasteiger partial charge < -0.3 is 25.8 Å². The summed E-state index contributed by atoms with van der Waals surface area (Å²) < 4.78 is 5.90. The topological polar surface area (TPSA) is 134 Å². The number of hydrogen-bond donors (Lipinski definition) is 4. The Balaban J connectivity index is 1.16. The standard InChI is InChI=1S/C44H35N3O6S/c48-41(33-14-8-3-9-15-33)47-39(28-30-16-24-37(25-17-30)53-29-31-10-4-1-5-11-31)42(49)45-36-22-26-38(27-23-36)54-40(32-12-6-2-7-13-32)43(50)46-35-20-18-34(19-21-35)44(51)52/h1-28,40H,29H2,(H,45,49)(H,46,50)(H,47,48)(H,51,52)/b39-28-. The average molecular weight is 734 g/mol. The fourth-order valence-electron chi connectivity index (χ4n) is 5.27.